The number of nitrogens with one attached hydrogen (secondary N) is 1. The van der Waals surface area contributed by atoms with Gasteiger partial charge in [0.25, 0.3) is 0 Å². The van der Waals surface area contributed by atoms with Gasteiger partial charge in [-0.3, -0.25) is 14.5 Å². The lowest BCUT2D eigenvalue weighted by Crippen LogP contribution is -2.40. The Kier molecular flexibility index (Phi) is 4.13. The Morgan fingerprint density at radius 2 is 2.07 bits per heavy atom. The summed E-state index contributed by atoms with van der Waals surface area (Å²) < 4.78 is 20.2. The minimum atomic E-state index is -0.530. The SMILES string of the molecule is CC(=O)NC[C@@H]1OC(=O)N2c3cc(F)c(N4C=CC(=O)CC4C)cc3C[C@@H]12. The van der Waals surface area contributed by atoms with Crippen LogP contribution < -0.4 is 15.1 Å². The number of cyclic esters (lactones) is 1. The summed E-state index contributed by atoms with van der Waals surface area (Å²) in [5.41, 5.74) is 1.73. The van der Waals surface area contributed by atoms with Crippen molar-refractivity contribution in [1.82, 2.24) is 5.32 Å². The number of carbonyl (C=O) groups is 3. The van der Waals surface area contributed by atoms with Gasteiger partial charge in [-0.15, -0.1) is 0 Å². The molecule has 0 aromatic heterocycles. The summed E-state index contributed by atoms with van der Waals surface area (Å²) in [6.07, 6.45) is 2.89. The third-order valence-electron chi connectivity index (χ3n) is 5.27. The van der Waals surface area contributed by atoms with Gasteiger partial charge in [-0.2, -0.15) is 0 Å². The fourth-order valence-corrected chi connectivity index (χ4v) is 3.98. The highest BCUT2D eigenvalue weighted by molar-refractivity contribution is 5.95. The van der Waals surface area contributed by atoms with Crippen LogP contribution >= 0.6 is 0 Å². The van der Waals surface area contributed by atoms with Crippen molar-refractivity contribution in [3.05, 3.63) is 35.8 Å². The minimum absolute atomic E-state index is 0.0181. The van der Waals surface area contributed by atoms with E-state index in [2.05, 4.69) is 5.32 Å². The van der Waals surface area contributed by atoms with E-state index in [1.165, 1.54) is 24.0 Å². The molecule has 3 atom stereocenters. The highest BCUT2D eigenvalue weighted by Crippen LogP contribution is 2.42. The summed E-state index contributed by atoms with van der Waals surface area (Å²) in [5, 5.41) is 2.67. The summed E-state index contributed by atoms with van der Waals surface area (Å²) in [7, 11) is 0. The summed E-state index contributed by atoms with van der Waals surface area (Å²) in [6.45, 7) is 3.49. The molecule has 0 radical (unpaired) electrons. The number of hydrogen-bond acceptors (Lipinski definition) is 5. The van der Waals surface area contributed by atoms with Gasteiger partial charge in [-0.05, 0) is 31.1 Å². The van der Waals surface area contributed by atoms with Crippen LogP contribution in [0.2, 0.25) is 0 Å². The zero-order valence-electron chi connectivity index (χ0n) is 15.1. The number of hydrogen-bond donors (Lipinski definition) is 1. The molecule has 1 aromatic carbocycles. The van der Waals surface area contributed by atoms with Crippen molar-refractivity contribution in [2.24, 2.45) is 0 Å². The first-order valence-corrected chi connectivity index (χ1v) is 8.91. The molecular formula is C19H20FN3O4. The first-order chi connectivity index (χ1) is 12.8. The second kappa shape index (κ2) is 6.37. The smallest absolute Gasteiger partial charge is 0.415 e. The number of fused-ring (bicyclic) bond motifs is 3. The molecule has 1 N–H and O–H groups in total. The topological polar surface area (TPSA) is 79.0 Å². The van der Waals surface area contributed by atoms with Gasteiger partial charge in [0.1, 0.15) is 11.9 Å². The van der Waals surface area contributed by atoms with Crippen LogP contribution in [0, 0.1) is 5.82 Å². The molecule has 0 saturated carbocycles. The molecule has 8 heteroatoms. The van der Waals surface area contributed by atoms with E-state index in [9.17, 15) is 18.8 Å². The molecule has 3 heterocycles. The first kappa shape index (κ1) is 17.5. The average Bonchev–Trinajstić information content (AvgIpc) is 3.10. The Balaban J connectivity index is 1.64. The molecular weight excluding hydrogens is 353 g/mol. The maximum absolute atomic E-state index is 14.8. The summed E-state index contributed by atoms with van der Waals surface area (Å²) >= 11 is 0. The van der Waals surface area contributed by atoms with E-state index in [1.807, 2.05) is 6.92 Å². The lowest BCUT2D eigenvalue weighted by molar-refractivity contribution is -0.119. The molecule has 4 rings (SSSR count). The number of allylic oxidation sites excluding steroid dienone is 1. The van der Waals surface area contributed by atoms with Crippen molar-refractivity contribution < 1.29 is 23.5 Å². The van der Waals surface area contributed by atoms with Crippen LogP contribution in [0.3, 0.4) is 0 Å². The summed E-state index contributed by atoms with van der Waals surface area (Å²) in [6, 6.07) is 2.67. The lowest BCUT2D eigenvalue weighted by Gasteiger charge is -2.30. The number of ketones is 1. The molecule has 1 saturated heterocycles. The number of halogens is 1. The first-order valence-electron chi connectivity index (χ1n) is 8.91. The highest BCUT2D eigenvalue weighted by atomic mass is 19.1. The Morgan fingerprint density at radius 1 is 1.30 bits per heavy atom. The van der Waals surface area contributed by atoms with Crippen LogP contribution in [-0.4, -0.2) is 42.5 Å². The molecule has 7 nitrogen and oxygen atoms in total. The number of rotatable bonds is 3. The fraction of sp³-hybridized carbons (Fsp3) is 0.421. The molecule has 1 fully saturated rings. The van der Waals surface area contributed by atoms with E-state index in [-0.39, 0.29) is 30.3 Å². The average molecular weight is 373 g/mol. The van der Waals surface area contributed by atoms with E-state index < -0.39 is 18.0 Å². The number of anilines is 2. The van der Waals surface area contributed by atoms with Crippen molar-refractivity contribution in [2.45, 2.75) is 44.9 Å². The van der Waals surface area contributed by atoms with E-state index in [0.29, 0.717) is 24.2 Å². The van der Waals surface area contributed by atoms with Gasteiger partial charge in [0.2, 0.25) is 5.91 Å². The van der Waals surface area contributed by atoms with E-state index in [0.717, 1.165) is 5.56 Å². The van der Waals surface area contributed by atoms with Gasteiger partial charge in [-0.25, -0.2) is 9.18 Å². The molecule has 0 aliphatic carbocycles. The van der Waals surface area contributed by atoms with Gasteiger partial charge in [-0.1, -0.05) is 0 Å². The lowest BCUT2D eigenvalue weighted by atomic mass is 10.0. The van der Waals surface area contributed by atoms with Crippen molar-refractivity contribution in [3.63, 3.8) is 0 Å². The summed E-state index contributed by atoms with van der Waals surface area (Å²) in [5.74, 6) is -0.642. The summed E-state index contributed by atoms with van der Waals surface area (Å²) in [4.78, 5) is 38.2. The maximum atomic E-state index is 14.8. The van der Waals surface area contributed by atoms with Gasteiger partial charge in [0.15, 0.2) is 5.78 Å². The third-order valence-corrected chi connectivity index (χ3v) is 5.27. The number of benzene rings is 1. The number of carbonyl (C=O) groups excluding carboxylic acids is 3. The van der Waals surface area contributed by atoms with Crippen molar-refractivity contribution >= 4 is 29.2 Å². The largest absolute Gasteiger partial charge is 0.442 e. The molecule has 1 unspecified atom stereocenters. The van der Waals surface area contributed by atoms with Gasteiger partial charge in [0, 0.05) is 31.7 Å². The van der Waals surface area contributed by atoms with Gasteiger partial charge >= 0.3 is 6.09 Å². The van der Waals surface area contributed by atoms with Crippen molar-refractivity contribution in [3.8, 4) is 0 Å². The highest BCUT2D eigenvalue weighted by Gasteiger charge is 2.48. The second-order valence-corrected chi connectivity index (χ2v) is 7.18. The van der Waals surface area contributed by atoms with Crippen molar-refractivity contribution in [1.29, 1.82) is 0 Å². The monoisotopic (exact) mass is 373 g/mol. The normalized spacial score (nSPS) is 26.1. The van der Waals surface area contributed by atoms with Crippen LogP contribution in [0.25, 0.3) is 0 Å². The van der Waals surface area contributed by atoms with E-state index in [1.54, 1.807) is 17.2 Å². The quantitative estimate of drug-likeness (QED) is 0.875. The predicted octanol–water partition coefficient (Wildman–Crippen LogP) is 1.89. The van der Waals surface area contributed by atoms with Crippen molar-refractivity contribution in [2.75, 3.05) is 16.3 Å². The molecule has 27 heavy (non-hydrogen) atoms. The van der Waals surface area contributed by atoms with Crippen LogP contribution in [0.5, 0.6) is 0 Å². The second-order valence-electron chi connectivity index (χ2n) is 7.18. The molecule has 2 amide bonds. The standard InChI is InChI=1S/C19H20FN3O4/c1-10-5-13(25)3-4-22(10)16-6-12-7-17-18(9-21-11(2)24)27-19(26)23(17)15(12)8-14(16)20/h3-4,6,8,10,17-18H,5,7,9H2,1-2H3,(H,21,24)/t10?,17-,18-/m0/s1. The fourth-order valence-electron chi connectivity index (χ4n) is 3.98. The molecule has 3 aliphatic rings. The number of amides is 2. The minimum Gasteiger partial charge on any atom is -0.442 e. The Morgan fingerprint density at radius 3 is 2.78 bits per heavy atom. The van der Waals surface area contributed by atoms with Crippen LogP contribution in [0.1, 0.15) is 25.8 Å². The maximum Gasteiger partial charge on any atom is 0.415 e. The molecule has 0 spiro atoms. The molecule has 3 aliphatic heterocycles. The molecule has 142 valence electrons. The Bertz CT molecular complexity index is 869. The number of nitrogens with zero attached hydrogens (tertiary/aromatic N) is 2. The van der Waals surface area contributed by atoms with Gasteiger partial charge < -0.3 is 15.0 Å². The van der Waals surface area contributed by atoms with E-state index >= 15 is 0 Å². The zero-order valence-corrected chi connectivity index (χ0v) is 15.1. The van der Waals surface area contributed by atoms with E-state index in [4.69, 9.17) is 4.74 Å². The Hall–Kier alpha value is -2.90. The van der Waals surface area contributed by atoms with Crippen LogP contribution in [0.15, 0.2) is 24.4 Å². The Labute approximate surface area is 155 Å². The predicted molar refractivity (Wildman–Crippen MR) is 96.0 cm³/mol. The number of ether oxygens (including phenoxy) is 1. The zero-order chi connectivity index (χ0) is 19.3. The van der Waals surface area contributed by atoms with Crippen LogP contribution in [-0.2, 0) is 20.7 Å². The van der Waals surface area contributed by atoms with Crippen LogP contribution in [0.4, 0.5) is 20.6 Å². The molecule has 1 aromatic rings. The van der Waals surface area contributed by atoms with Gasteiger partial charge in [0.05, 0.1) is 24.0 Å². The third kappa shape index (κ3) is 2.94. The molecule has 0 bridgehead atoms.